The summed E-state index contributed by atoms with van der Waals surface area (Å²) in [6, 6.07) is 0. The van der Waals surface area contributed by atoms with Gasteiger partial charge in [-0.15, -0.1) is 0 Å². The van der Waals surface area contributed by atoms with Crippen molar-refractivity contribution in [2.24, 2.45) is 5.92 Å². The maximum Gasteiger partial charge on any atom is 0.305 e. The second kappa shape index (κ2) is 47.4. The van der Waals surface area contributed by atoms with Crippen molar-refractivity contribution in [2.45, 2.75) is 297 Å². The summed E-state index contributed by atoms with van der Waals surface area (Å²) in [6.07, 6.45) is 63.5. The van der Waals surface area contributed by atoms with Crippen molar-refractivity contribution in [3.05, 3.63) is 12.2 Å². The summed E-state index contributed by atoms with van der Waals surface area (Å²) in [7, 11) is 0. The van der Waals surface area contributed by atoms with Gasteiger partial charge in [0.2, 0.25) is 0 Å². The molecule has 0 unspecified atom stereocenters. The van der Waals surface area contributed by atoms with E-state index in [2.05, 4.69) is 32.9 Å². The van der Waals surface area contributed by atoms with E-state index in [0.29, 0.717) is 13.0 Å². The van der Waals surface area contributed by atoms with Crippen LogP contribution in [0.3, 0.4) is 0 Å². The molecule has 2 heteroatoms. The van der Waals surface area contributed by atoms with Crippen molar-refractivity contribution in [1.82, 2.24) is 0 Å². The molecule has 0 atom stereocenters. The van der Waals surface area contributed by atoms with Crippen molar-refractivity contribution in [3.63, 3.8) is 0 Å². The smallest absolute Gasteiger partial charge is 0.305 e. The lowest BCUT2D eigenvalue weighted by atomic mass is 10.0. The minimum Gasteiger partial charge on any atom is -0.466 e. The van der Waals surface area contributed by atoms with Crippen LogP contribution in [-0.2, 0) is 9.53 Å². The van der Waals surface area contributed by atoms with Gasteiger partial charge in [0.15, 0.2) is 0 Å². The lowest BCUT2D eigenvalue weighted by molar-refractivity contribution is -0.143. The highest BCUT2D eigenvalue weighted by Gasteiger charge is 2.03. The third-order valence-corrected chi connectivity index (χ3v) is 11.6. The number of rotatable bonds is 46. The Morgan fingerprint density at radius 1 is 0.377 bits per heavy atom. The molecular formula is C51H100O2. The zero-order valence-electron chi connectivity index (χ0n) is 37.2. The molecule has 0 aromatic rings. The maximum atomic E-state index is 12.0. The predicted octanol–water partition coefficient (Wildman–Crippen LogP) is 18.5. The fraction of sp³-hybridized carbons (Fsp3) is 0.941. The number of unbranched alkanes of at least 4 members (excludes halogenated alkanes) is 38. The molecule has 0 amide bonds. The highest BCUT2D eigenvalue weighted by atomic mass is 16.5. The molecule has 316 valence electrons. The van der Waals surface area contributed by atoms with Gasteiger partial charge < -0.3 is 4.74 Å². The van der Waals surface area contributed by atoms with E-state index < -0.39 is 0 Å². The monoisotopic (exact) mass is 745 g/mol. The Morgan fingerprint density at radius 2 is 0.660 bits per heavy atom. The Balaban J connectivity index is 3.14. The van der Waals surface area contributed by atoms with Crippen molar-refractivity contribution >= 4 is 5.97 Å². The van der Waals surface area contributed by atoms with E-state index in [1.54, 1.807) is 0 Å². The SMILES string of the molecule is CCCCCC/C=C\CCCCCCCC(=O)OCCCCCCCCCCCCCCCCCCCCCCCCCCCCCCCCC(C)C. The Labute approximate surface area is 336 Å². The van der Waals surface area contributed by atoms with Crippen LogP contribution in [0.25, 0.3) is 0 Å². The molecule has 0 rings (SSSR count). The standard InChI is InChI=1S/C51H100O2/c1-4-5-6-7-8-9-10-29-33-36-39-42-45-48-51(52)53-49-46-43-40-37-34-31-28-26-24-22-20-18-16-14-12-11-13-15-17-19-21-23-25-27-30-32-35-38-41-44-47-50(2)3/h9-10,50H,4-8,11-49H2,1-3H3/b10-9-. The Kier molecular flexibility index (Phi) is 46.7. The largest absolute Gasteiger partial charge is 0.466 e. The number of hydrogen-bond donors (Lipinski definition) is 0. The average Bonchev–Trinajstić information content (AvgIpc) is 3.15. The van der Waals surface area contributed by atoms with Crippen LogP contribution in [0.15, 0.2) is 12.2 Å². The summed E-state index contributed by atoms with van der Waals surface area (Å²) in [4.78, 5) is 12.0. The molecule has 0 aliphatic carbocycles. The minimum absolute atomic E-state index is 0.0200. The first kappa shape index (κ1) is 52.2. The van der Waals surface area contributed by atoms with Gasteiger partial charge in [0.1, 0.15) is 0 Å². The highest BCUT2D eigenvalue weighted by molar-refractivity contribution is 5.69. The topological polar surface area (TPSA) is 26.3 Å². The summed E-state index contributed by atoms with van der Waals surface area (Å²) in [5.41, 5.74) is 0. The van der Waals surface area contributed by atoms with Crippen LogP contribution in [0.2, 0.25) is 0 Å². The first-order valence-corrected chi connectivity index (χ1v) is 25.0. The normalized spacial score (nSPS) is 11.8. The molecule has 0 bridgehead atoms. The van der Waals surface area contributed by atoms with Gasteiger partial charge in [0.05, 0.1) is 6.61 Å². The second-order valence-electron chi connectivity index (χ2n) is 17.6. The van der Waals surface area contributed by atoms with Crippen molar-refractivity contribution < 1.29 is 9.53 Å². The third-order valence-electron chi connectivity index (χ3n) is 11.6. The van der Waals surface area contributed by atoms with Crippen LogP contribution < -0.4 is 0 Å². The van der Waals surface area contributed by atoms with Crippen LogP contribution in [0.1, 0.15) is 297 Å². The third kappa shape index (κ3) is 49.2. The average molecular weight is 745 g/mol. The molecular weight excluding hydrogens is 645 g/mol. The van der Waals surface area contributed by atoms with Crippen LogP contribution in [0, 0.1) is 5.92 Å². The first-order valence-electron chi connectivity index (χ1n) is 25.0. The van der Waals surface area contributed by atoms with Crippen LogP contribution >= 0.6 is 0 Å². The van der Waals surface area contributed by atoms with E-state index in [0.717, 1.165) is 25.2 Å². The van der Waals surface area contributed by atoms with Gasteiger partial charge in [-0.05, 0) is 44.4 Å². The summed E-state index contributed by atoms with van der Waals surface area (Å²) >= 11 is 0. The first-order chi connectivity index (χ1) is 26.2. The minimum atomic E-state index is 0.0200. The van der Waals surface area contributed by atoms with Crippen LogP contribution in [0.5, 0.6) is 0 Å². The van der Waals surface area contributed by atoms with Crippen molar-refractivity contribution in [1.29, 1.82) is 0 Å². The number of ether oxygens (including phenoxy) is 1. The number of carbonyl (C=O) groups excluding carboxylic acids is 1. The van der Waals surface area contributed by atoms with Crippen molar-refractivity contribution in [3.8, 4) is 0 Å². The molecule has 0 fully saturated rings. The lowest BCUT2D eigenvalue weighted by Crippen LogP contribution is -2.05. The second-order valence-corrected chi connectivity index (χ2v) is 17.6. The van der Waals surface area contributed by atoms with E-state index in [-0.39, 0.29) is 5.97 Å². The molecule has 0 N–H and O–H groups in total. The number of carbonyl (C=O) groups is 1. The molecule has 0 aliphatic rings. The van der Waals surface area contributed by atoms with Gasteiger partial charge >= 0.3 is 5.97 Å². The molecule has 0 saturated heterocycles. The van der Waals surface area contributed by atoms with E-state index in [4.69, 9.17) is 4.74 Å². The zero-order valence-corrected chi connectivity index (χ0v) is 37.2. The number of hydrogen-bond acceptors (Lipinski definition) is 2. The van der Waals surface area contributed by atoms with E-state index in [1.165, 1.54) is 250 Å². The van der Waals surface area contributed by atoms with E-state index in [1.807, 2.05) is 0 Å². The summed E-state index contributed by atoms with van der Waals surface area (Å²) in [5.74, 6) is 0.909. The van der Waals surface area contributed by atoms with E-state index >= 15 is 0 Å². The maximum absolute atomic E-state index is 12.0. The molecule has 0 aliphatic heterocycles. The molecule has 2 nitrogen and oxygen atoms in total. The molecule has 0 saturated carbocycles. The van der Waals surface area contributed by atoms with Crippen LogP contribution in [-0.4, -0.2) is 12.6 Å². The van der Waals surface area contributed by atoms with Crippen LogP contribution in [0.4, 0.5) is 0 Å². The Bertz CT molecular complexity index is 696. The quantitative estimate of drug-likeness (QED) is 0.0352. The molecule has 0 aromatic carbocycles. The van der Waals surface area contributed by atoms with Gasteiger partial charge in [-0.2, -0.15) is 0 Å². The van der Waals surface area contributed by atoms with Gasteiger partial charge in [-0.25, -0.2) is 0 Å². The van der Waals surface area contributed by atoms with Crippen molar-refractivity contribution in [2.75, 3.05) is 6.61 Å². The van der Waals surface area contributed by atoms with Gasteiger partial charge in [-0.3, -0.25) is 4.79 Å². The van der Waals surface area contributed by atoms with Gasteiger partial charge in [0.25, 0.3) is 0 Å². The summed E-state index contributed by atoms with van der Waals surface area (Å²) < 4.78 is 5.47. The fourth-order valence-corrected chi connectivity index (χ4v) is 7.85. The fourth-order valence-electron chi connectivity index (χ4n) is 7.85. The summed E-state index contributed by atoms with van der Waals surface area (Å²) in [6.45, 7) is 7.59. The number of allylic oxidation sites excluding steroid dienone is 2. The highest BCUT2D eigenvalue weighted by Crippen LogP contribution is 2.17. The lowest BCUT2D eigenvalue weighted by Gasteiger charge is -2.06. The molecule has 0 heterocycles. The number of esters is 1. The predicted molar refractivity (Wildman–Crippen MR) is 239 cm³/mol. The molecule has 0 aromatic heterocycles. The summed E-state index contributed by atoms with van der Waals surface area (Å²) in [5, 5.41) is 0. The molecule has 0 spiro atoms. The Hall–Kier alpha value is -0.790. The zero-order chi connectivity index (χ0) is 38.4. The Morgan fingerprint density at radius 3 is 1.00 bits per heavy atom. The molecule has 0 radical (unpaired) electrons. The van der Waals surface area contributed by atoms with Gasteiger partial charge in [-0.1, -0.05) is 264 Å². The molecule has 53 heavy (non-hydrogen) atoms. The van der Waals surface area contributed by atoms with Gasteiger partial charge in [0, 0.05) is 6.42 Å². The van der Waals surface area contributed by atoms with E-state index in [9.17, 15) is 4.79 Å².